The fourth-order valence-electron chi connectivity index (χ4n) is 3.38. The number of carbonyl (C=O) groups is 1. The second-order valence-corrected chi connectivity index (χ2v) is 10.2. The SMILES string of the molecule is CSCCC(NS(=O)(=O)c1ccccc1)C(=O)N1CCN(c2ccc(Cl)cc2)CC1. The number of rotatable bonds is 8. The lowest BCUT2D eigenvalue weighted by atomic mass is 10.2. The highest BCUT2D eigenvalue weighted by Crippen LogP contribution is 2.20. The first-order valence-corrected chi connectivity index (χ1v) is 13.0. The molecule has 0 spiro atoms. The fourth-order valence-corrected chi connectivity index (χ4v) is 5.22. The van der Waals surface area contributed by atoms with Crippen LogP contribution in [0.1, 0.15) is 6.42 Å². The quantitative estimate of drug-likeness (QED) is 0.646. The molecule has 0 bridgehead atoms. The molecule has 2 aromatic carbocycles. The van der Waals surface area contributed by atoms with E-state index in [2.05, 4.69) is 9.62 Å². The van der Waals surface area contributed by atoms with Crippen molar-refractivity contribution in [3.05, 3.63) is 59.6 Å². The average Bonchev–Trinajstić information content (AvgIpc) is 2.77. The van der Waals surface area contributed by atoms with Gasteiger partial charge in [0.15, 0.2) is 0 Å². The van der Waals surface area contributed by atoms with Crippen LogP contribution in [0.25, 0.3) is 0 Å². The smallest absolute Gasteiger partial charge is 0.241 e. The van der Waals surface area contributed by atoms with Crippen molar-refractivity contribution in [3.63, 3.8) is 0 Å². The molecule has 1 unspecified atom stereocenters. The lowest BCUT2D eigenvalue weighted by Crippen LogP contribution is -2.55. The molecule has 3 rings (SSSR count). The standard InChI is InChI=1S/C21H26ClN3O3S2/c1-29-16-11-20(23-30(27,28)19-5-3-2-4-6-19)21(26)25-14-12-24(13-15-25)18-9-7-17(22)8-10-18/h2-10,20,23H,11-16H2,1H3. The van der Waals surface area contributed by atoms with E-state index in [1.54, 1.807) is 34.9 Å². The first-order chi connectivity index (χ1) is 14.4. The first kappa shape index (κ1) is 22.9. The number of thioether (sulfide) groups is 1. The van der Waals surface area contributed by atoms with Crippen LogP contribution in [0.2, 0.25) is 5.02 Å². The number of hydrogen-bond donors (Lipinski definition) is 1. The Morgan fingerprint density at radius 2 is 1.70 bits per heavy atom. The van der Waals surface area contributed by atoms with E-state index in [-0.39, 0.29) is 10.8 Å². The predicted molar refractivity (Wildman–Crippen MR) is 124 cm³/mol. The van der Waals surface area contributed by atoms with Gasteiger partial charge < -0.3 is 9.80 Å². The van der Waals surface area contributed by atoms with Crippen molar-refractivity contribution in [2.24, 2.45) is 0 Å². The number of hydrogen-bond acceptors (Lipinski definition) is 5. The molecule has 1 N–H and O–H groups in total. The minimum atomic E-state index is -3.76. The van der Waals surface area contributed by atoms with Crippen LogP contribution in [0, 0.1) is 0 Å². The van der Waals surface area contributed by atoms with Gasteiger partial charge in [0.2, 0.25) is 15.9 Å². The van der Waals surface area contributed by atoms with Crippen molar-refractivity contribution >= 4 is 45.0 Å². The molecule has 9 heteroatoms. The summed E-state index contributed by atoms with van der Waals surface area (Å²) in [7, 11) is -3.76. The summed E-state index contributed by atoms with van der Waals surface area (Å²) in [4.78, 5) is 17.3. The molecule has 1 fully saturated rings. The minimum absolute atomic E-state index is 0.166. The highest BCUT2D eigenvalue weighted by atomic mass is 35.5. The van der Waals surface area contributed by atoms with E-state index in [1.165, 1.54) is 12.1 Å². The number of benzene rings is 2. The summed E-state index contributed by atoms with van der Waals surface area (Å²) in [6, 6.07) is 15.0. The van der Waals surface area contributed by atoms with Gasteiger partial charge >= 0.3 is 0 Å². The molecular formula is C21H26ClN3O3S2. The fraction of sp³-hybridized carbons (Fsp3) is 0.381. The molecule has 0 saturated carbocycles. The Morgan fingerprint density at radius 1 is 1.07 bits per heavy atom. The first-order valence-electron chi connectivity index (χ1n) is 9.76. The molecule has 30 heavy (non-hydrogen) atoms. The van der Waals surface area contributed by atoms with Gasteiger partial charge in [0.25, 0.3) is 0 Å². The van der Waals surface area contributed by atoms with Gasteiger partial charge in [0, 0.05) is 36.9 Å². The summed E-state index contributed by atoms with van der Waals surface area (Å²) in [6.07, 6.45) is 2.39. The van der Waals surface area contributed by atoms with Gasteiger partial charge in [0.1, 0.15) is 6.04 Å². The molecule has 0 aliphatic carbocycles. The van der Waals surface area contributed by atoms with E-state index in [0.717, 1.165) is 5.69 Å². The summed E-state index contributed by atoms with van der Waals surface area (Å²) in [5.41, 5.74) is 1.07. The number of carbonyl (C=O) groups excluding carboxylic acids is 1. The summed E-state index contributed by atoms with van der Waals surface area (Å²) in [5.74, 6) is 0.526. The van der Waals surface area contributed by atoms with E-state index in [9.17, 15) is 13.2 Å². The molecular weight excluding hydrogens is 442 g/mol. The van der Waals surface area contributed by atoms with Gasteiger partial charge in [0.05, 0.1) is 4.90 Å². The Balaban J connectivity index is 1.66. The maximum atomic E-state index is 13.2. The van der Waals surface area contributed by atoms with Gasteiger partial charge in [-0.05, 0) is 54.8 Å². The Morgan fingerprint density at radius 3 is 2.30 bits per heavy atom. The number of halogens is 1. The molecule has 6 nitrogen and oxygen atoms in total. The predicted octanol–water partition coefficient (Wildman–Crippen LogP) is 3.09. The molecule has 0 aromatic heterocycles. The third-order valence-electron chi connectivity index (χ3n) is 5.04. The van der Waals surface area contributed by atoms with E-state index in [0.29, 0.717) is 43.4 Å². The van der Waals surface area contributed by atoms with Crippen LogP contribution in [-0.2, 0) is 14.8 Å². The second kappa shape index (κ2) is 10.5. The molecule has 0 radical (unpaired) electrons. The lowest BCUT2D eigenvalue weighted by molar-refractivity contribution is -0.133. The zero-order valence-corrected chi connectivity index (χ0v) is 19.2. The van der Waals surface area contributed by atoms with Crippen molar-refractivity contribution in [3.8, 4) is 0 Å². The number of anilines is 1. The third-order valence-corrected chi connectivity index (χ3v) is 7.43. The number of nitrogens with one attached hydrogen (secondary N) is 1. The zero-order chi connectivity index (χ0) is 21.6. The van der Waals surface area contributed by atoms with Crippen LogP contribution >= 0.6 is 23.4 Å². The average molecular weight is 468 g/mol. The molecule has 1 saturated heterocycles. The monoisotopic (exact) mass is 467 g/mol. The Bertz CT molecular complexity index is 932. The Hall–Kier alpha value is -1.74. The third kappa shape index (κ3) is 5.91. The maximum Gasteiger partial charge on any atom is 0.241 e. The van der Waals surface area contributed by atoms with Crippen LogP contribution in [0.3, 0.4) is 0 Å². The number of sulfonamides is 1. The van der Waals surface area contributed by atoms with Gasteiger partial charge in [-0.3, -0.25) is 4.79 Å². The zero-order valence-electron chi connectivity index (χ0n) is 16.8. The second-order valence-electron chi connectivity index (χ2n) is 7.06. The Labute approximate surface area is 187 Å². The summed E-state index contributed by atoms with van der Waals surface area (Å²) < 4.78 is 28.1. The van der Waals surface area contributed by atoms with Crippen molar-refractivity contribution in [2.75, 3.05) is 43.1 Å². The van der Waals surface area contributed by atoms with Crippen LogP contribution in [-0.4, -0.2) is 63.5 Å². The summed E-state index contributed by atoms with van der Waals surface area (Å²) in [6.45, 7) is 2.47. The van der Waals surface area contributed by atoms with E-state index in [4.69, 9.17) is 11.6 Å². The molecule has 1 heterocycles. The largest absolute Gasteiger partial charge is 0.368 e. The number of nitrogens with zero attached hydrogens (tertiary/aromatic N) is 2. The minimum Gasteiger partial charge on any atom is -0.368 e. The molecule has 1 aliphatic heterocycles. The highest BCUT2D eigenvalue weighted by Gasteiger charge is 2.30. The number of piperazine rings is 1. The lowest BCUT2D eigenvalue weighted by Gasteiger charge is -2.37. The van der Waals surface area contributed by atoms with Gasteiger partial charge in [-0.2, -0.15) is 16.5 Å². The van der Waals surface area contributed by atoms with Crippen molar-refractivity contribution in [1.29, 1.82) is 0 Å². The molecule has 162 valence electrons. The molecule has 2 aromatic rings. The van der Waals surface area contributed by atoms with Crippen molar-refractivity contribution in [1.82, 2.24) is 9.62 Å². The van der Waals surface area contributed by atoms with E-state index in [1.807, 2.05) is 30.5 Å². The molecule has 1 aliphatic rings. The topological polar surface area (TPSA) is 69.7 Å². The van der Waals surface area contributed by atoms with Crippen molar-refractivity contribution < 1.29 is 13.2 Å². The van der Waals surface area contributed by atoms with Crippen LogP contribution < -0.4 is 9.62 Å². The van der Waals surface area contributed by atoms with E-state index >= 15 is 0 Å². The highest BCUT2D eigenvalue weighted by molar-refractivity contribution is 7.98. The summed E-state index contributed by atoms with van der Waals surface area (Å²) in [5, 5.41) is 0.690. The van der Waals surface area contributed by atoms with Crippen LogP contribution in [0.15, 0.2) is 59.5 Å². The molecule has 1 amide bonds. The number of amides is 1. The van der Waals surface area contributed by atoms with Gasteiger partial charge in [-0.1, -0.05) is 29.8 Å². The van der Waals surface area contributed by atoms with Crippen LogP contribution in [0.4, 0.5) is 5.69 Å². The molecule has 1 atom stereocenters. The maximum absolute atomic E-state index is 13.2. The van der Waals surface area contributed by atoms with Gasteiger partial charge in [-0.25, -0.2) is 8.42 Å². The van der Waals surface area contributed by atoms with E-state index < -0.39 is 16.1 Å². The van der Waals surface area contributed by atoms with Crippen LogP contribution in [0.5, 0.6) is 0 Å². The van der Waals surface area contributed by atoms with Crippen molar-refractivity contribution in [2.45, 2.75) is 17.4 Å². The Kier molecular flexibility index (Phi) is 8.05. The van der Waals surface area contributed by atoms with Gasteiger partial charge in [-0.15, -0.1) is 0 Å². The summed E-state index contributed by atoms with van der Waals surface area (Å²) >= 11 is 7.55. The normalized spacial score (nSPS) is 15.8.